The molecule has 0 aliphatic heterocycles. The highest BCUT2D eigenvalue weighted by atomic mass is 32.1. The van der Waals surface area contributed by atoms with E-state index < -0.39 is 17.3 Å². The van der Waals surface area contributed by atoms with E-state index in [1.54, 1.807) is 17.4 Å². The number of carbonyl (C=O) groups is 1. The first kappa shape index (κ1) is 23.1. The normalized spacial score (nSPS) is 13.1. The van der Waals surface area contributed by atoms with Gasteiger partial charge in [-0.15, -0.1) is 11.3 Å². The lowest BCUT2D eigenvalue weighted by Crippen LogP contribution is -2.30. The van der Waals surface area contributed by atoms with Crippen LogP contribution in [-0.4, -0.2) is 22.7 Å². The summed E-state index contributed by atoms with van der Waals surface area (Å²) in [7, 11) is 1.95. The minimum absolute atomic E-state index is 0.000910. The number of nitrogens with zero attached hydrogens (tertiary/aromatic N) is 2. The zero-order chi connectivity index (χ0) is 24.5. The summed E-state index contributed by atoms with van der Waals surface area (Å²) in [5, 5.41) is 10.3. The zero-order valence-corrected chi connectivity index (χ0v) is 20.3. The second-order valence-electron chi connectivity index (χ2n) is 8.63. The number of hydrogen-bond acceptors (Lipinski definition) is 5. The van der Waals surface area contributed by atoms with E-state index in [1.165, 1.54) is 52.6 Å². The fraction of sp³-hybridized carbons (Fsp3) is 0.222. The third-order valence-electron chi connectivity index (χ3n) is 6.24. The Morgan fingerprint density at radius 1 is 1.11 bits per heavy atom. The molecule has 0 saturated heterocycles. The third-order valence-corrected chi connectivity index (χ3v) is 7.54. The van der Waals surface area contributed by atoms with Crippen LogP contribution in [0.15, 0.2) is 65.5 Å². The Morgan fingerprint density at radius 2 is 1.89 bits per heavy atom. The summed E-state index contributed by atoms with van der Waals surface area (Å²) in [5.74, 6) is -1.03. The van der Waals surface area contributed by atoms with E-state index >= 15 is 0 Å². The average Bonchev–Trinajstić information content (AvgIpc) is 3.32. The minimum Gasteiger partial charge on any atom is -0.343 e. The Labute approximate surface area is 206 Å². The van der Waals surface area contributed by atoms with Gasteiger partial charge in [0.1, 0.15) is 17.2 Å². The van der Waals surface area contributed by atoms with Gasteiger partial charge < -0.3 is 10.6 Å². The number of thiophene rings is 1. The quantitative estimate of drug-likeness (QED) is 0.404. The van der Waals surface area contributed by atoms with E-state index in [0.29, 0.717) is 0 Å². The molecule has 0 fully saturated rings. The van der Waals surface area contributed by atoms with Gasteiger partial charge in [-0.25, -0.2) is 4.39 Å². The van der Waals surface area contributed by atoms with E-state index in [0.717, 1.165) is 33.8 Å². The van der Waals surface area contributed by atoms with E-state index in [9.17, 15) is 14.0 Å². The number of rotatable bonds is 7. The van der Waals surface area contributed by atoms with Gasteiger partial charge in [0.2, 0.25) is 0 Å². The number of carbonyl (C=O) groups excluding carboxylic acids is 1. The lowest BCUT2D eigenvalue weighted by Gasteiger charge is -2.22. The molecular weight excluding hydrogens is 463 g/mol. The maximum Gasteiger partial charge on any atom is 0.272 e. The molecule has 1 aliphatic rings. The van der Waals surface area contributed by atoms with E-state index in [4.69, 9.17) is 0 Å². The van der Waals surface area contributed by atoms with E-state index in [2.05, 4.69) is 33.9 Å². The number of para-hydroxylation sites is 1. The van der Waals surface area contributed by atoms with Gasteiger partial charge in [0.15, 0.2) is 0 Å². The molecule has 0 spiro atoms. The molecule has 8 heteroatoms. The van der Waals surface area contributed by atoms with E-state index in [1.807, 2.05) is 20.0 Å². The van der Waals surface area contributed by atoms with Crippen LogP contribution in [-0.2, 0) is 19.4 Å². The molecule has 1 amide bonds. The Morgan fingerprint density at radius 3 is 2.63 bits per heavy atom. The van der Waals surface area contributed by atoms with Crippen molar-refractivity contribution in [2.75, 3.05) is 7.05 Å². The minimum atomic E-state index is -0.590. The molecule has 0 radical (unpaired) electrons. The number of fused-ring (bicyclic) bond motifs is 1. The Kier molecular flexibility index (Phi) is 6.32. The fourth-order valence-electron chi connectivity index (χ4n) is 4.26. The van der Waals surface area contributed by atoms with Crippen molar-refractivity contribution in [2.45, 2.75) is 32.4 Å². The molecule has 0 bridgehead atoms. The highest BCUT2D eigenvalue weighted by Crippen LogP contribution is 2.37. The van der Waals surface area contributed by atoms with Gasteiger partial charge in [0.05, 0.1) is 6.04 Å². The van der Waals surface area contributed by atoms with Gasteiger partial charge in [-0.05, 0) is 85.5 Å². The van der Waals surface area contributed by atoms with Crippen molar-refractivity contribution < 1.29 is 9.18 Å². The fourth-order valence-corrected chi connectivity index (χ4v) is 5.33. The molecule has 4 aromatic rings. The number of benzene rings is 2. The van der Waals surface area contributed by atoms with Crippen molar-refractivity contribution in [3.05, 3.63) is 104 Å². The summed E-state index contributed by atoms with van der Waals surface area (Å²) < 4.78 is 15.1. The molecule has 0 saturated carbocycles. The van der Waals surface area contributed by atoms with Gasteiger partial charge in [0.25, 0.3) is 11.5 Å². The number of aromatic nitrogens is 2. The van der Waals surface area contributed by atoms with Crippen LogP contribution in [0.2, 0.25) is 0 Å². The number of aryl methyl sites for hydroxylation is 2. The summed E-state index contributed by atoms with van der Waals surface area (Å²) in [5.41, 5.74) is 4.86. The monoisotopic (exact) mass is 488 g/mol. The van der Waals surface area contributed by atoms with E-state index in [-0.39, 0.29) is 17.4 Å². The van der Waals surface area contributed by atoms with Gasteiger partial charge in [-0.2, -0.15) is 9.78 Å². The van der Waals surface area contributed by atoms with Gasteiger partial charge in [-0.1, -0.05) is 18.2 Å². The number of nitrogens with one attached hydrogen (secondary N) is 2. The van der Waals surface area contributed by atoms with Crippen LogP contribution in [0, 0.1) is 5.82 Å². The van der Waals surface area contributed by atoms with Crippen LogP contribution in [0.25, 0.3) is 16.1 Å². The molecule has 2 aromatic carbocycles. The summed E-state index contributed by atoms with van der Waals surface area (Å²) >= 11 is 1.65. The Hall–Kier alpha value is -3.62. The van der Waals surface area contributed by atoms with Crippen molar-refractivity contribution in [3.8, 4) is 16.1 Å². The largest absolute Gasteiger partial charge is 0.343 e. The SMILES string of the molecule is CNCc1cc2c(cc1-c1ccc([C@@H](C)NC(=O)c3ccc(=O)n(-c4ccccc4F)n3)s1)CC2. The second-order valence-corrected chi connectivity index (χ2v) is 9.74. The first-order valence-corrected chi connectivity index (χ1v) is 12.3. The highest BCUT2D eigenvalue weighted by Gasteiger charge is 2.20. The Balaban J connectivity index is 1.36. The van der Waals surface area contributed by atoms with Crippen molar-refractivity contribution in [1.29, 1.82) is 0 Å². The lowest BCUT2D eigenvalue weighted by molar-refractivity contribution is 0.0933. The van der Waals surface area contributed by atoms with Gasteiger partial charge >= 0.3 is 0 Å². The molecule has 2 N–H and O–H groups in total. The highest BCUT2D eigenvalue weighted by molar-refractivity contribution is 7.15. The molecule has 35 heavy (non-hydrogen) atoms. The maximum atomic E-state index is 14.2. The molecular formula is C27H25FN4O2S. The summed E-state index contributed by atoms with van der Waals surface area (Å²) in [6, 6.07) is 16.8. The maximum absolute atomic E-state index is 14.2. The van der Waals surface area contributed by atoms with Crippen LogP contribution in [0.3, 0.4) is 0 Å². The number of amides is 1. The lowest BCUT2D eigenvalue weighted by atomic mass is 9.84. The smallest absolute Gasteiger partial charge is 0.272 e. The van der Waals surface area contributed by atoms with Crippen molar-refractivity contribution >= 4 is 17.2 Å². The molecule has 178 valence electrons. The molecule has 2 heterocycles. The van der Waals surface area contributed by atoms with Crippen LogP contribution in [0.4, 0.5) is 4.39 Å². The molecule has 2 aromatic heterocycles. The second kappa shape index (κ2) is 9.56. The first-order chi connectivity index (χ1) is 16.9. The summed E-state index contributed by atoms with van der Waals surface area (Å²) in [4.78, 5) is 27.3. The topological polar surface area (TPSA) is 76.0 Å². The molecule has 0 unspecified atom stereocenters. The molecule has 1 aliphatic carbocycles. The molecule has 6 nitrogen and oxygen atoms in total. The van der Waals surface area contributed by atoms with Crippen molar-refractivity contribution in [2.24, 2.45) is 0 Å². The van der Waals surface area contributed by atoms with Crippen LogP contribution in [0.1, 0.15) is 45.0 Å². The molecule has 5 rings (SSSR count). The number of hydrogen-bond donors (Lipinski definition) is 2. The van der Waals surface area contributed by atoms with Crippen LogP contribution >= 0.6 is 11.3 Å². The third kappa shape index (κ3) is 4.54. The van der Waals surface area contributed by atoms with Crippen LogP contribution in [0.5, 0.6) is 0 Å². The van der Waals surface area contributed by atoms with Gasteiger partial charge in [0, 0.05) is 22.4 Å². The Bertz CT molecular complexity index is 1480. The van der Waals surface area contributed by atoms with Crippen molar-refractivity contribution in [1.82, 2.24) is 20.4 Å². The average molecular weight is 489 g/mol. The summed E-state index contributed by atoms with van der Waals surface area (Å²) in [6.45, 7) is 2.71. The predicted molar refractivity (Wildman–Crippen MR) is 136 cm³/mol. The molecule has 1 atom stereocenters. The predicted octanol–water partition coefficient (Wildman–Crippen LogP) is 4.41. The summed E-state index contributed by atoms with van der Waals surface area (Å²) in [6.07, 6.45) is 2.26. The van der Waals surface area contributed by atoms with Gasteiger partial charge in [-0.3, -0.25) is 9.59 Å². The standard InChI is InChI=1S/C27H25FN4O2S/c1-16(24-10-11-25(35-24)20-14-18-8-7-17(18)13-19(20)15-29-2)30-27(34)22-9-12-26(33)32(31-22)23-6-4-3-5-21(23)28/h3-6,9-14,16,29H,7-8,15H2,1-2H3,(H,30,34)/t16-/m1/s1. The number of halogens is 1. The first-order valence-electron chi connectivity index (χ1n) is 11.5. The van der Waals surface area contributed by atoms with Crippen LogP contribution < -0.4 is 16.2 Å². The van der Waals surface area contributed by atoms with Crippen molar-refractivity contribution in [3.63, 3.8) is 0 Å². The zero-order valence-electron chi connectivity index (χ0n) is 19.5.